The lowest BCUT2D eigenvalue weighted by molar-refractivity contribution is -0.274. The normalized spacial score (nSPS) is 17.4. The molecule has 3 rings (SSSR count). The number of alkyl halides is 3. The van der Waals surface area contributed by atoms with Gasteiger partial charge in [-0.3, -0.25) is 9.79 Å². The molecule has 12 heteroatoms. The minimum absolute atomic E-state index is 0.0469. The minimum atomic E-state index is -4.86. The van der Waals surface area contributed by atoms with Crippen LogP contribution in [0.5, 0.6) is 11.5 Å². The molecule has 7 nitrogen and oxygen atoms in total. The van der Waals surface area contributed by atoms with Crippen LogP contribution in [0.3, 0.4) is 0 Å². The molecule has 0 saturated carbocycles. The number of nitrogens with one attached hydrogen (secondary N) is 1. The summed E-state index contributed by atoms with van der Waals surface area (Å²) in [4.78, 5) is 21.1. The smallest absolute Gasteiger partial charge is 0.507 e. The summed E-state index contributed by atoms with van der Waals surface area (Å²) in [7, 11) is 0. The van der Waals surface area contributed by atoms with Crippen LogP contribution < -0.4 is 10.1 Å². The zero-order valence-corrected chi connectivity index (χ0v) is 18.0. The van der Waals surface area contributed by atoms with E-state index in [9.17, 15) is 28.2 Å². The third kappa shape index (κ3) is 6.21. The monoisotopic (exact) mass is 473 g/mol. The van der Waals surface area contributed by atoms with E-state index in [2.05, 4.69) is 20.0 Å². The van der Waals surface area contributed by atoms with Gasteiger partial charge in [0.2, 0.25) is 0 Å². The minimum Gasteiger partial charge on any atom is -0.507 e. The van der Waals surface area contributed by atoms with Crippen LogP contribution in [0.15, 0.2) is 33.5 Å². The molecule has 0 aliphatic carbocycles. The van der Waals surface area contributed by atoms with Crippen LogP contribution >= 0.6 is 23.1 Å². The number of thiazole rings is 1. The number of hydrogen-bond donors (Lipinski definition) is 3. The Kier molecular flexibility index (Phi) is 6.62. The quantitative estimate of drug-likeness (QED) is 0.548. The molecule has 1 aliphatic rings. The van der Waals surface area contributed by atoms with Gasteiger partial charge in [0.05, 0.1) is 16.2 Å². The molecule has 0 unspecified atom stereocenters. The fourth-order valence-electron chi connectivity index (χ4n) is 2.33. The number of benzene rings is 1. The van der Waals surface area contributed by atoms with Gasteiger partial charge in [-0.05, 0) is 36.0 Å². The van der Waals surface area contributed by atoms with E-state index in [-0.39, 0.29) is 28.8 Å². The predicted octanol–water partition coefficient (Wildman–Crippen LogP) is 3.99. The lowest BCUT2D eigenvalue weighted by atomic mass is 9.95. The summed E-state index contributed by atoms with van der Waals surface area (Å²) < 4.78 is 41.2. The largest absolute Gasteiger partial charge is 0.573 e. The van der Waals surface area contributed by atoms with Crippen LogP contribution in [-0.2, 0) is 4.79 Å². The van der Waals surface area contributed by atoms with E-state index in [1.807, 2.05) is 13.8 Å². The molecule has 166 valence electrons. The highest BCUT2D eigenvalue weighted by atomic mass is 32.2. The Balaban J connectivity index is 1.79. The Morgan fingerprint density at radius 2 is 2.06 bits per heavy atom. The standard InChI is InChI=1S/C19H18F3N3O4S2/c1-18(2,9-26)8-23-17-25-15(28)14(31-17)5-10-7-30-16(24-10)12-6-11(3-4-13(12)27)29-19(20,21)22/h3-7,26-27H,8-9H2,1-2H3,(H,23,25,28)/b14-5+. The maximum absolute atomic E-state index is 12.4. The van der Waals surface area contributed by atoms with Gasteiger partial charge in [-0.1, -0.05) is 13.8 Å². The molecule has 2 aromatic rings. The van der Waals surface area contributed by atoms with Crippen molar-refractivity contribution in [1.29, 1.82) is 0 Å². The molecule has 31 heavy (non-hydrogen) atoms. The first-order valence-electron chi connectivity index (χ1n) is 8.87. The number of halogens is 3. The van der Waals surface area contributed by atoms with Crippen molar-refractivity contribution in [2.24, 2.45) is 10.4 Å². The number of ether oxygens (including phenoxy) is 1. The van der Waals surface area contributed by atoms with E-state index < -0.39 is 17.5 Å². The van der Waals surface area contributed by atoms with Gasteiger partial charge in [0.15, 0.2) is 5.17 Å². The first-order chi connectivity index (χ1) is 14.5. The number of nitrogens with zero attached hydrogens (tertiary/aromatic N) is 2. The maximum atomic E-state index is 12.4. The molecule has 2 heterocycles. The van der Waals surface area contributed by atoms with Crippen LogP contribution in [0.25, 0.3) is 16.6 Å². The van der Waals surface area contributed by atoms with Crippen LogP contribution in [-0.4, -0.2) is 45.8 Å². The fourth-order valence-corrected chi connectivity index (χ4v) is 3.94. The van der Waals surface area contributed by atoms with Crippen molar-refractivity contribution in [3.63, 3.8) is 0 Å². The number of thioether (sulfide) groups is 1. The van der Waals surface area contributed by atoms with Crippen molar-refractivity contribution < 1.29 is 32.9 Å². The molecule has 1 amide bonds. The summed E-state index contributed by atoms with van der Waals surface area (Å²) in [5, 5.41) is 24.2. The van der Waals surface area contributed by atoms with Gasteiger partial charge >= 0.3 is 6.36 Å². The van der Waals surface area contributed by atoms with Gasteiger partial charge in [-0.25, -0.2) is 4.98 Å². The van der Waals surface area contributed by atoms with Gasteiger partial charge in [-0.2, -0.15) is 0 Å². The van der Waals surface area contributed by atoms with E-state index in [0.29, 0.717) is 22.3 Å². The van der Waals surface area contributed by atoms with Gasteiger partial charge in [0, 0.05) is 23.9 Å². The fraction of sp³-hybridized carbons (Fsp3) is 0.316. The number of hydrogen-bond acceptors (Lipinski definition) is 8. The zero-order chi connectivity index (χ0) is 22.8. The number of phenolic OH excluding ortho intramolecular Hbond substituents is 1. The van der Waals surface area contributed by atoms with Gasteiger partial charge < -0.3 is 20.3 Å². The zero-order valence-electron chi connectivity index (χ0n) is 16.4. The van der Waals surface area contributed by atoms with Crippen molar-refractivity contribution in [3.8, 4) is 22.1 Å². The lowest BCUT2D eigenvalue weighted by Gasteiger charge is -2.18. The van der Waals surface area contributed by atoms with Crippen LogP contribution in [0.2, 0.25) is 0 Å². The number of aromatic nitrogens is 1. The van der Waals surface area contributed by atoms with E-state index in [4.69, 9.17) is 0 Å². The number of aliphatic imine (C=N–C) groups is 1. The van der Waals surface area contributed by atoms with E-state index in [1.54, 1.807) is 5.38 Å². The first kappa shape index (κ1) is 23.1. The molecule has 1 fully saturated rings. The number of rotatable bonds is 6. The number of aliphatic hydroxyl groups is 1. The number of carbonyl (C=O) groups excluding carboxylic acids is 1. The molecule has 1 aromatic heterocycles. The van der Waals surface area contributed by atoms with Crippen molar-refractivity contribution in [3.05, 3.63) is 34.2 Å². The molecule has 0 atom stereocenters. The molecular weight excluding hydrogens is 455 g/mol. The number of amidine groups is 1. The Hall–Kier alpha value is -2.57. The SMILES string of the molecule is CC(C)(CO)CN=C1NC(=O)/C(=C\c2csc(-c3cc(OC(F)(F)F)ccc3O)n2)S1. The Morgan fingerprint density at radius 3 is 2.74 bits per heavy atom. The second-order valence-corrected chi connectivity index (χ2v) is 9.20. The van der Waals surface area contributed by atoms with Gasteiger partial charge in [0.25, 0.3) is 5.91 Å². The molecule has 0 spiro atoms. The second-order valence-electron chi connectivity index (χ2n) is 7.31. The van der Waals surface area contributed by atoms with E-state index >= 15 is 0 Å². The first-order valence-corrected chi connectivity index (χ1v) is 10.6. The number of phenols is 1. The van der Waals surface area contributed by atoms with Gasteiger partial charge in [0.1, 0.15) is 16.5 Å². The van der Waals surface area contributed by atoms with E-state index in [0.717, 1.165) is 41.3 Å². The van der Waals surface area contributed by atoms with Crippen LogP contribution in [0, 0.1) is 5.41 Å². The second kappa shape index (κ2) is 8.89. The molecule has 0 bridgehead atoms. The maximum Gasteiger partial charge on any atom is 0.573 e. The summed E-state index contributed by atoms with van der Waals surface area (Å²) in [5.74, 6) is -1.09. The highest BCUT2D eigenvalue weighted by Gasteiger charge is 2.31. The highest BCUT2D eigenvalue weighted by Crippen LogP contribution is 2.37. The van der Waals surface area contributed by atoms with Gasteiger partial charge in [-0.15, -0.1) is 24.5 Å². The number of aliphatic hydroxyl groups excluding tert-OH is 1. The number of amides is 1. The Labute approximate surface area is 183 Å². The highest BCUT2D eigenvalue weighted by molar-refractivity contribution is 8.18. The number of carbonyl (C=O) groups is 1. The van der Waals surface area contributed by atoms with Crippen LogP contribution in [0.1, 0.15) is 19.5 Å². The van der Waals surface area contributed by atoms with Crippen molar-refractivity contribution in [1.82, 2.24) is 10.3 Å². The summed E-state index contributed by atoms with van der Waals surface area (Å²) >= 11 is 2.21. The summed E-state index contributed by atoms with van der Waals surface area (Å²) in [6.45, 7) is 3.97. The molecular formula is C19H18F3N3O4S2. The van der Waals surface area contributed by atoms with Crippen molar-refractivity contribution in [2.45, 2.75) is 20.2 Å². The van der Waals surface area contributed by atoms with Crippen molar-refractivity contribution in [2.75, 3.05) is 13.2 Å². The lowest BCUT2D eigenvalue weighted by Crippen LogP contribution is -2.24. The average Bonchev–Trinajstić information content (AvgIpc) is 3.28. The average molecular weight is 473 g/mol. The summed E-state index contributed by atoms with van der Waals surface area (Å²) in [6, 6.07) is 3.14. The number of aromatic hydroxyl groups is 1. The predicted molar refractivity (Wildman–Crippen MR) is 113 cm³/mol. The summed E-state index contributed by atoms with van der Waals surface area (Å²) in [5.41, 5.74) is 0.0607. The summed E-state index contributed by atoms with van der Waals surface area (Å²) in [6.07, 6.45) is -3.34. The molecule has 1 aliphatic heterocycles. The molecule has 1 aromatic carbocycles. The third-order valence-corrected chi connectivity index (χ3v) is 5.80. The molecule has 3 N–H and O–H groups in total. The van der Waals surface area contributed by atoms with Crippen LogP contribution in [0.4, 0.5) is 13.2 Å². The third-order valence-electron chi connectivity index (χ3n) is 3.96. The molecule has 1 saturated heterocycles. The molecule has 0 radical (unpaired) electrons. The topological polar surface area (TPSA) is 104 Å². The Morgan fingerprint density at radius 1 is 1.32 bits per heavy atom. The van der Waals surface area contributed by atoms with E-state index in [1.165, 1.54) is 6.08 Å². The van der Waals surface area contributed by atoms with Crippen molar-refractivity contribution >= 4 is 40.2 Å². The Bertz CT molecular complexity index is 1050.